The molecule has 1 unspecified atom stereocenters. The third kappa shape index (κ3) is 2.50. The lowest BCUT2D eigenvalue weighted by molar-refractivity contribution is -0.0444. The number of fused-ring (bicyclic) bond motifs is 4. The number of nitrogens with zero attached hydrogens (tertiary/aromatic N) is 2. The van der Waals surface area contributed by atoms with Crippen LogP contribution in [0.3, 0.4) is 0 Å². The molecule has 3 aliphatic rings. The van der Waals surface area contributed by atoms with Gasteiger partial charge >= 0.3 is 0 Å². The molecule has 3 saturated heterocycles. The fourth-order valence-corrected chi connectivity index (χ4v) is 4.38. The quantitative estimate of drug-likeness (QED) is 0.876. The van der Waals surface area contributed by atoms with Crippen molar-refractivity contribution in [2.75, 3.05) is 20.1 Å². The molecule has 2 aromatic rings. The van der Waals surface area contributed by atoms with Gasteiger partial charge in [0.1, 0.15) is 5.75 Å². The maximum absolute atomic E-state index is 11.2. The first-order valence-electron chi connectivity index (χ1n) is 9.98. The molecule has 0 spiro atoms. The van der Waals surface area contributed by atoms with Crippen LogP contribution >= 0.6 is 0 Å². The van der Waals surface area contributed by atoms with Gasteiger partial charge in [-0.3, -0.25) is 9.88 Å². The van der Waals surface area contributed by atoms with Crippen LogP contribution in [0.25, 0.3) is 10.9 Å². The molecule has 4 nitrogen and oxygen atoms in total. The van der Waals surface area contributed by atoms with Crippen molar-refractivity contribution in [3.8, 4) is 5.75 Å². The second kappa shape index (κ2) is 6.19. The number of hydrogen-bond donors (Lipinski definition) is 1. The average molecular weight is 327 g/mol. The van der Waals surface area contributed by atoms with E-state index in [1.807, 2.05) is 12.1 Å². The third-order valence-electron chi connectivity index (χ3n) is 5.70. The Kier molecular flexibility index (Phi) is 3.21. The van der Waals surface area contributed by atoms with Gasteiger partial charge in [-0.2, -0.15) is 0 Å². The van der Waals surface area contributed by atoms with Crippen molar-refractivity contribution in [1.29, 1.82) is 0 Å². The molecule has 1 aromatic heterocycles. The number of aromatic nitrogens is 1. The van der Waals surface area contributed by atoms with Gasteiger partial charge in [-0.1, -0.05) is 6.08 Å². The molecule has 4 heteroatoms. The predicted octanol–water partition coefficient (Wildman–Crippen LogP) is 3.17. The Morgan fingerprint density at radius 3 is 3.17 bits per heavy atom. The smallest absolute Gasteiger partial charge is 0.119 e. The first kappa shape index (κ1) is 12.5. The highest BCUT2D eigenvalue weighted by molar-refractivity contribution is 5.83. The number of aliphatic hydroxyl groups is 1. The Balaban J connectivity index is 1.66. The summed E-state index contributed by atoms with van der Waals surface area (Å²) in [5.41, 5.74) is 1.48. The molecular formula is C20H24N2O2. The predicted molar refractivity (Wildman–Crippen MR) is 95.0 cm³/mol. The Morgan fingerprint density at radius 1 is 1.50 bits per heavy atom. The minimum Gasteiger partial charge on any atom is -0.497 e. The first-order chi connectivity index (χ1) is 12.9. The van der Waals surface area contributed by atoms with Crippen LogP contribution in [0, 0.1) is 11.8 Å². The second-order valence-electron chi connectivity index (χ2n) is 6.87. The van der Waals surface area contributed by atoms with E-state index in [9.17, 15) is 5.11 Å². The molecule has 5 rings (SSSR count). The topological polar surface area (TPSA) is 45.6 Å². The fourth-order valence-electron chi connectivity index (χ4n) is 4.38. The van der Waals surface area contributed by atoms with E-state index in [-0.39, 0.29) is 11.8 Å². The average Bonchev–Trinajstić information content (AvgIpc) is 2.65. The Hall–Kier alpha value is -1.91. The van der Waals surface area contributed by atoms with Gasteiger partial charge in [-0.15, -0.1) is 6.58 Å². The van der Waals surface area contributed by atoms with Crippen LogP contribution in [-0.4, -0.2) is 41.2 Å². The number of rotatable bonds is 4. The Labute approximate surface area is 147 Å². The molecule has 1 N–H and O–H groups in total. The molecule has 3 fully saturated rings. The van der Waals surface area contributed by atoms with Crippen LogP contribution in [0.2, 0.25) is 0 Å². The lowest BCUT2D eigenvalue weighted by atomic mass is 9.73. The summed E-state index contributed by atoms with van der Waals surface area (Å²) in [6.45, 7) is 5.88. The standard InChI is InChI=1S/C20H24N2O2/c1-3-13-12-22-9-7-14(13)10-19(22)20(23)16-6-8-21-18-5-4-15(24-2)11-17(16)18/h3-6,8,11,13-14,19-20,23H,1,7,9-10,12H2,2H3/t13-,14+,19+,20-/m1/s1/i2D3. The van der Waals surface area contributed by atoms with Gasteiger partial charge in [0, 0.05) is 24.2 Å². The molecular weight excluding hydrogens is 300 g/mol. The zero-order valence-electron chi connectivity index (χ0n) is 16.6. The molecule has 1 aromatic carbocycles. The summed E-state index contributed by atoms with van der Waals surface area (Å²) in [5.74, 6) is 1.31. The van der Waals surface area contributed by atoms with Crippen LogP contribution < -0.4 is 4.74 Å². The minimum atomic E-state index is -2.51. The van der Waals surface area contributed by atoms with Gasteiger partial charge in [0.15, 0.2) is 0 Å². The van der Waals surface area contributed by atoms with E-state index in [4.69, 9.17) is 8.85 Å². The number of ether oxygens (including phenoxy) is 1. The van der Waals surface area contributed by atoms with E-state index in [0.29, 0.717) is 17.4 Å². The summed E-state index contributed by atoms with van der Waals surface area (Å²) in [6.07, 6.45) is 5.15. The number of piperidine rings is 3. The zero-order valence-corrected chi connectivity index (χ0v) is 13.6. The minimum absolute atomic E-state index is 0.0535. The summed E-state index contributed by atoms with van der Waals surface area (Å²) >= 11 is 0. The fraction of sp³-hybridized carbons (Fsp3) is 0.450. The number of aliphatic hydroxyl groups excluding tert-OH is 1. The number of methoxy groups -OCH3 is 1. The molecule has 0 aliphatic carbocycles. The highest BCUT2D eigenvalue weighted by atomic mass is 16.5. The molecule has 0 radical (unpaired) electrons. The monoisotopic (exact) mass is 327 g/mol. The molecule has 4 heterocycles. The van der Waals surface area contributed by atoms with Crippen molar-refractivity contribution in [3.63, 3.8) is 0 Å². The summed E-state index contributed by atoms with van der Waals surface area (Å²) in [4.78, 5) is 6.70. The van der Waals surface area contributed by atoms with E-state index in [1.165, 1.54) is 0 Å². The van der Waals surface area contributed by atoms with Crippen LogP contribution in [0.15, 0.2) is 43.1 Å². The van der Waals surface area contributed by atoms with Crippen molar-refractivity contribution in [2.24, 2.45) is 11.8 Å². The third-order valence-corrected chi connectivity index (χ3v) is 5.70. The van der Waals surface area contributed by atoms with Crippen LogP contribution in [-0.2, 0) is 0 Å². The van der Waals surface area contributed by atoms with Crippen LogP contribution in [0.1, 0.15) is 28.6 Å². The number of pyridine rings is 1. The molecule has 2 bridgehead atoms. The number of hydrogen-bond acceptors (Lipinski definition) is 4. The zero-order chi connectivity index (χ0) is 19.2. The van der Waals surface area contributed by atoms with E-state index < -0.39 is 13.1 Å². The van der Waals surface area contributed by atoms with Crippen LogP contribution in [0.4, 0.5) is 0 Å². The molecule has 0 saturated carbocycles. The van der Waals surface area contributed by atoms with Gasteiger partial charge in [0.25, 0.3) is 0 Å². The highest BCUT2D eigenvalue weighted by Crippen LogP contribution is 2.42. The largest absolute Gasteiger partial charge is 0.497 e. The molecule has 0 amide bonds. The van der Waals surface area contributed by atoms with E-state index in [0.717, 1.165) is 36.9 Å². The second-order valence-corrected chi connectivity index (χ2v) is 6.87. The van der Waals surface area contributed by atoms with Crippen molar-refractivity contribution < 1.29 is 14.0 Å². The van der Waals surface area contributed by atoms with E-state index in [1.54, 1.807) is 24.4 Å². The molecule has 5 atom stereocenters. The maximum atomic E-state index is 11.2. The highest BCUT2D eigenvalue weighted by Gasteiger charge is 2.42. The Morgan fingerprint density at radius 2 is 2.42 bits per heavy atom. The van der Waals surface area contributed by atoms with Gasteiger partial charge in [0.05, 0.1) is 22.8 Å². The summed E-state index contributed by atoms with van der Waals surface area (Å²) < 4.78 is 26.9. The Bertz CT molecular complexity index is 855. The van der Waals surface area contributed by atoms with E-state index >= 15 is 0 Å². The molecule has 3 aliphatic heterocycles. The van der Waals surface area contributed by atoms with Crippen molar-refractivity contribution in [3.05, 3.63) is 48.7 Å². The van der Waals surface area contributed by atoms with Gasteiger partial charge in [-0.25, -0.2) is 0 Å². The van der Waals surface area contributed by atoms with E-state index in [2.05, 4.69) is 16.5 Å². The summed E-state index contributed by atoms with van der Waals surface area (Å²) in [6, 6.07) is 6.86. The van der Waals surface area contributed by atoms with Crippen molar-refractivity contribution in [2.45, 2.75) is 25.0 Å². The van der Waals surface area contributed by atoms with Gasteiger partial charge in [-0.05, 0) is 61.1 Å². The molecule has 24 heavy (non-hydrogen) atoms. The normalized spacial score (nSPS) is 32.6. The van der Waals surface area contributed by atoms with Crippen molar-refractivity contribution in [1.82, 2.24) is 9.88 Å². The van der Waals surface area contributed by atoms with Crippen LogP contribution in [0.5, 0.6) is 5.75 Å². The lowest BCUT2D eigenvalue weighted by Gasteiger charge is -2.50. The lowest BCUT2D eigenvalue weighted by Crippen LogP contribution is -2.54. The summed E-state index contributed by atoms with van der Waals surface area (Å²) in [7, 11) is -2.51. The number of benzene rings is 1. The van der Waals surface area contributed by atoms with Crippen molar-refractivity contribution >= 4 is 10.9 Å². The van der Waals surface area contributed by atoms with Gasteiger partial charge in [0.2, 0.25) is 0 Å². The SMILES string of the molecule is [2H]C([2H])([2H])Oc1ccc2nccc([C@@H](O)[C@@H]3C[C@@H]4CCN3C[C@H]4C=C)c2c1. The summed E-state index contributed by atoms with van der Waals surface area (Å²) in [5, 5.41) is 11.9. The first-order valence-corrected chi connectivity index (χ1v) is 8.48. The van der Waals surface area contributed by atoms with Gasteiger partial charge < -0.3 is 9.84 Å². The maximum Gasteiger partial charge on any atom is 0.119 e. The molecule has 126 valence electrons.